The van der Waals surface area contributed by atoms with Crippen molar-refractivity contribution in [2.24, 2.45) is 0 Å². The highest BCUT2D eigenvalue weighted by Crippen LogP contribution is 2.24. The van der Waals surface area contributed by atoms with Crippen LogP contribution < -0.4 is 10.6 Å². The number of hydrogen-bond acceptors (Lipinski definition) is 3. The van der Waals surface area contributed by atoms with Crippen LogP contribution >= 0.6 is 27.7 Å². The lowest BCUT2D eigenvalue weighted by Crippen LogP contribution is -2.42. The summed E-state index contributed by atoms with van der Waals surface area (Å²) < 4.78 is 0.992. The molecule has 2 N–H and O–H groups in total. The topological polar surface area (TPSA) is 58.2 Å². The average Bonchev–Trinajstić information content (AvgIpc) is 2.32. The third-order valence-electron chi connectivity index (χ3n) is 2.07. The molecule has 18 heavy (non-hydrogen) atoms. The number of hydrogen-bond donors (Lipinski definition) is 2. The number of thioether (sulfide) groups is 1. The first-order valence-corrected chi connectivity index (χ1v) is 7.21. The van der Waals surface area contributed by atoms with Crippen LogP contribution in [0.15, 0.2) is 33.6 Å². The summed E-state index contributed by atoms with van der Waals surface area (Å²) in [6.07, 6.45) is 0. The molecule has 0 saturated heterocycles. The van der Waals surface area contributed by atoms with Gasteiger partial charge in [0.25, 0.3) is 0 Å². The summed E-state index contributed by atoms with van der Waals surface area (Å²) in [5.74, 6) is -0.297. The lowest BCUT2D eigenvalue weighted by molar-refractivity contribution is -0.119. The van der Waals surface area contributed by atoms with E-state index in [9.17, 15) is 9.59 Å². The van der Waals surface area contributed by atoms with Gasteiger partial charge in [0.05, 0.1) is 5.25 Å². The first kappa shape index (κ1) is 15.0. The number of benzene rings is 1. The van der Waals surface area contributed by atoms with E-state index in [1.165, 1.54) is 11.8 Å². The molecule has 1 aromatic carbocycles. The lowest BCUT2D eigenvalue weighted by Gasteiger charge is -2.11. The fourth-order valence-corrected chi connectivity index (χ4v) is 2.32. The van der Waals surface area contributed by atoms with Crippen molar-refractivity contribution >= 4 is 39.6 Å². The second-order valence-electron chi connectivity index (χ2n) is 3.56. The summed E-state index contributed by atoms with van der Waals surface area (Å²) >= 11 is 4.76. The molecule has 98 valence electrons. The zero-order valence-corrected chi connectivity index (χ0v) is 12.6. The van der Waals surface area contributed by atoms with Crippen LogP contribution in [0.2, 0.25) is 0 Å². The number of nitrogens with one attached hydrogen (secondary N) is 2. The average molecular weight is 331 g/mol. The molecule has 0 aliphatic carbocycles. The van der Waals surface area contributed by atoms with Crippen molar-refractivity contribution in [2.75, 3.05) is 6.54 Å². The van der Waals surface area contributed by atoms with Crippen molar-refractivity contribution in [3.63, 3.8) is 0 Å². The van der Waals surface area contributed by atoms with Crippen LogP contribution in [0.5, 0.6) is 0 Å². The zero-order valence-electron chi connectivity index (χ0n) is 10.2. The fraction of sp³-hybridized carbons (Fsp3) is 0.333. The molecular formula is C12H15BrN2O2S. The van der Waals surface area contributed by atoms with Gasteiger partial charge in [-0.1, -0.05) is 15.9 Å². The van der Waals surface area contributed by atoms with Crippen molar-refractivity contribution in [1.29, 1.82) is 0 Å². The van der Waals surface area contributed by atoms with Gasteiger partial charge in [-0.05, 0) is 38.1 Å². The number of urea groups is 1. The summed E-state index contributed by atoms with van der Waals surface area (Å²) in [7, 11) is 0. The van der Waals surface area contributed by atoms with E-state index in [0.717, 1.165) is 9.37 Å². The number of halogens is 1. The molecule has 4 nitrogen and oxygen atoms in total. The Balaban J connectivity index is 2.49. The summed E-state index contributed by atoms with van der Waals surface area (Å²) in [5, 5.41) is 4.48. The van der Waals surface area contributed by atoms with E-state index in [-0.39, 0.29) is 11.2 Å². The predicted molar refractivity (Wildman–Crippen MR) is 76.7 cm³/mol. The normalized spacial score (nSPS) is 11.7. The number of imide groups is 1. The van der Waals surface area contributed by atoms with Crippen LogP contribution in [0.4, 0.5) is 4.79 Å². The first-order valence-electron chi connectivity index (χ1n) is 5.54. The van der Waals surface area contributed by atoms with E-state index in [1.807, 2.05) is 24.3 Å². The molecule has 0 unspecified atom stereocenters. The maximum atomic E-state index is 11.7. The number of carbonyl (C=O) groups is 2. The van der Waals surface area contributed by atoms with Crippen molar-refractivity contribution in [2.45, 2.75) is 24.0 Å². The summed E-state index contributed by atoms with van der Waals surface area (Å²) in [5.41, 5.74) is 0. The van der Waals surface area contributed by atoms with Gasteiger partial charge < -0.3 is 5.32 Å². The highest BCUT2D eigenvalue weighted by molar-refractivity contribution is 9.10. The van der Waals surface area contributed by atoms with Crippen LogP contribution in [0, 0.1) is 0 Å². The second kappa shape index (κ2) is 7.43. The van der Waals surface area contributed by atoms with E-state index in [1.54, 1.807) is 13.8 Å². The molecule has 0 aliphatic rings. The minimum atomic E-state index is -0.453. The molecule has 0 heterocycles. The van der Waals surface area contributed by atoms with Gasteiger partial charge in [-0.15, -0.1) is 11.8 Å². The maximum Gasteiger partial charge on any atom is 0.321 e. The van der Waals surface area contributed by atoms with Crippen molar-refractivity contribution in [3.05, 3.63) is 28.7 Å². The molecule has 0 bridgehead atoms. The monoisotopic (exact) mass is 330 g/mol. The number of rotatable bonds is 4. The zero-order chi connectivity index (χ0) is 13.5. The van der Waals surface area contributed by atoms with E-state index >= 15 is 0 Å². The van der Waals surface area contributed by atoms with Crippen molar-refractivity contribution in [1.82, 2.24) is 10.6 Å². The first-order chi connectivity index (χ1) is 8.52. The highest BCUT2D eigenvalue weighted by Gasteiger charge is 2.16. The summed E-state index contributed by atoms with van der Waals surface area (Å²) in [6, 6.07) is 7.22. The number of carbonyl (C=O) groups excluding carboxylic acids is 2. The van der Waals surface area contributed by atoms with Crippen LogP contribution in [0.3, 0.4) is 0 Å². The Morgan fingerprint density at radius 1 is 1.33 bits per heavy atom. The molecule has 0 aliphatic heterocycles. The van der Waals surface area contributed by atoms with Crippen LogP contribution in [-0.2, 0) is 4.79 Å². The standard InChI is InChI=1S/C12H15BrN2O2S/c1-3-14-12(17)15-11(16)8(2)18-10-6-4-9(13)5-7-10/h4-8H,3H2,1-2H3,(H2,14,15,16,17)/t8-/m1/s1. The maximum absolute atomic E-state index is 11.7. The minimum Gasteiger partial charge on any atom is -0.338 e. The third-order valence-corrected chi connectivity index (χ3v) is 3.71. The van der Waals surface area contributed by atoms with Gasteiger partial charge in [-0.2, -0.15) is 0 Å². The van der Waals surface area contributed by atoms with Gasteiger partial charge in [-0.3, -0.25) is 10.1 Å². The lowest BCUT2D eigenvalue weighted by atomic mass is 10.4. The van der Waals surface area contributed by atoms with Crippen molar-refractivity contribution < 1.29 is 9.59 Å². The Labute approximate surface area is 119 Å². The van der Waals surface area contributed by atoms with E-state index in [4.69, 9.17) is 0 Å². The van der Waals surface area contributed by atoms with Gasteiger partial charge in [0, 0.05) is 15.9 Å². The van der Waals surface area contributed by atoms with E-state index < -0.39 is 6.03 Å². The smallest absolute Gasteiger partial charge is 0.321 e. The third kappa shape index (κ3) is 5.10. The molecule has 1 rings (SSSR count). The minimum absolute atomic E-state index is 0.297. The molecule has 0 aromatic heterocycles. The Bertz CT molecular complexity index is 423. The second-order valence-corrected chi connectivity index (χ2v) is 5.89. The molecular weight excluding hydrogens is 316 g/mol. The summed E-state index contributed by atoms with van der Waals surface area (Å²) in [6.45, 7) is 4.05. The molecule has 0 fully saturated rings. The van der Waals surface area contributed by atoms with Crippen LogP contribution in [-0.4, -0.2) is 23.7 Å². The van der Waals surface area contributed by atoms with E-state index in [0.29, 0.717) is 6.54 Å². The highest BCUT2D eigenvalue weighted by atomic mass is 79.9. The Morgan fingerprint density at radius 3 is 2.50 bits per heavy atom. The van der Waals surface area contributed by atoms with Crippen LogP contribution in [0.1, 0.15) is 13.8 Å². The largest absolute Gasteiger partial charge is 0.338 e. The Hall–Kier alpha value is -1.01. The van der Waals surface area contributed by atoms with Gasteiger partial charge in [0.1, 0.15) is 0 Å². The predicted octanol–water partition coefficient (Wildman–Crippen LogP) is 2.78. The molecule has 0 spiro atoms. The van der Waals surface area contributed by atoms with Gasteiger partial charge in [-0.25, -0.2) is 4.79 Å². The molecule has 1 aromatic rings. The van der Waals surface area contributed by atoms with Gasteiger partial charge >= 0.3 is 6.03 Å². The van der Waals surface area contributed by atoms with Crippen molar-refractivity contribution in [3.8, 4) is 0 Å². The van der Waals surface area contributed by atoms with Gasteiger partial charge in [0.2, 0.25) is 5.91 Å². The molecule has 1 atom stereocenters. The molecule has 3 amide bonds. The molecule has 6 heteroatoms. The molecule has 0 saturated carbocycles. The quantitative estimate of drug-likeness (QED) is 0.834. The summed E-state index contributed by atoms with van der Waals surface area (Å²) in [4.78, 5) is 23.9. The SMILES string of the molecule is CCNC(=O)NC(=O)[C@@H](C)Sc1ccc(Br)cc1. The molecule has 0 radical (unpaired) electrons. The Kier molecular flexibility index (Phi) is 6.21. The van der Waals surface area contributed by atoms with Crippen LogP contribution in [0.25, 0.3) is 0 Å². The van der Waals surface area contributed by atoms with E-state index in [2.05, 4.69) is 26.6 Å². The Morgan fingerprint density at radius 2 is 1.94 bits per heavy atom. The van der Waals surface area contributed by atoms with Gasteiger partial charge in [0.15, 0.2) is 0 Å². The number of amides is 3. The fourth-order valence-electron chi connectivity index (χ4n) is 1.19.